The highest BCUT2D eigenvalue weighted by Crippen LogP contribution is 2.39. The third kappa shape index (κ3) is 2.99. The van der Waals surface area contributed by atoms with Crippen molar-refractivity contribution >= 4 is 41.7 Å². The van der Waals surface area contributed by atoms with E-state index in [1.54, 1.807) is 5.19 Å². The molecule has 0 radical (unpaired) electrons. The number of rotatable bonds is 5. The predicted octanol–water partition coefficient (Wildman–Crippen LogP) is 5.38. The molecule has 0 aliphatic carbocycles. The van der Waals surface area contributed by atoms with Crippen LogP contribution in [0.5, 0.6) is 0 Å². The van der Waals surface area contributed by atoms with E-state index in [0.29, 0.717) is 0 Å². The standard InChI is InChI=1S/C17H38Si5/c1-18(2,3)20(7,8)22(11,17-15-13-12-14-16-17)21(9,10)19(4,5)6/h12-16H,1-11H3. The molecular weight excluding hydrogens is 345 g/mol. The van der Waals surface area contributed by atoms with Gasteiger partial charge in [-0.1, -0.05) is 108 Å². The quantitative estimate of drug-likeness (QED) is 0.600. The van der Waals surface area contributed by atoms with E-state index in [1.165, 1.54) is 0 Å². The Morgan fingerprint density at radius 3 is 1.09 bits per heavy atom. The van der Waals surface area contributed by atoms with E-state index >= 15 is 0 Å². The summed E-state index contributed by atoms with van der Waals surface area (Å²) < 4.78 is 0. The van der Waals surface area contributed by atoms with Crippen LogP contribution in [0.25, 0.3) is 0 Å². The van der Waals surface area contributed by atoms with E-state index in [0.717, 1.165) is 0 Å². The van der Waals surface area contributed by atoms with Gasteiger partial charge in [-0.3, -0.25) is 0 Å². The van der Waals surface area contributed by atoms with Gasteiger partial charge in [0.15, 0.2) is 0 Å². The molecule has 0 N–H and O–H groups in total. The van der Waals surface area contributed by atoms with Gasteiger partial charge in [-0.05, 0) is 0 Å². The Bertz CT molecular complexity index is 480. The zero-order chi connectivity index (χ0) is 17.6. The highest BCUT2D eigenvalue weighted by molar-refractivity contribution is 7.94. The lowest BCUT2D eigenvalue weighted by molar-refractivity contribution is 1.70. The van der Waals surface area contributed by atoms with E-state index in [2.05, 4.69) is 102 Å². The fourth-order valence-corrected chi connectivity index (χ4v) is 114. The minimum absolute atomic E-state index is 1.13. The van der Waals surface area contributed by atoms with Crippen LogP contribution in [-0.2, 0) is 0 Å². The predicted molar refractivity (Wildman–Crippen MR) is 119 cm³/mol. The molecule has 0 saturated carbocycles. The van der Waals surface area contributed by atoms with Crippen molar-refractivity contribution in [2.75, 3.05) is 0 Å². The van der Waals surface area contributed by atoms with Gasteiger partial charge in [-0.15, -0.1) is 0 Å². The molecular formula is C17H38Si5. The van der Waals surface area contributed by atoms with E-state index in [-0.39, 0.29) is 0 Å². The molecule has 0 heterocycles. The lowest BCUT2D eigenvalue weighted by Crippen LogP contribution is -2.89. The summed E-state index contributed by atoms with van der Waals surface area (Å²) in [5, 5.41) is 1.79. The fraction of sp³-hybridized carbons (Fsp3) is 0.647. The summed E-state index contributed by atoms with van der Waals surface area (Å²) in [6, 6.07) is 11.8. The minimum Gasteiger partial charge on any atom is -0.0730 e. The summed E-state index contributed by atoms with van der Waals surface area (Å²) in [6.45, 7) is 29.8. The molecule has 126 valence electrons. The largest absolute Gasteiger partial charge is 0.0730 e. The Kier molecular flexibility index (Phi) is 5.54. The van der Waals surface area contributed by atoms with Gasteiger partial charge in [0.25, 0.3) is 0 Å². The van der Waals surface area contributed by atoms with Crippen molar-refractivity contribution in [1.82, 2.24) is 0 Å². The summed E-state index contributed by atoms with van der Waals surface area (Å²) in [4.78, 5) is 0. The minimum atomic E-state index is -1.45. The topological polar surface area (TPSA) is 0 Å². The average molecular weight is 383 g/mol. The zero-order valence-electron chi connectivity index (χ0n) is 16.9. The number of hydrogen-bond acceptors (Lipinski definition) is 0. The summed E-state index contributed by atoms with van der Waals surface area (Å²) in [5.74, 6) is 0. The maximum Gasteiger partial charge on any atom is 0.0662 e. The highest BCUT2D eigenvalue weighted by Gasteiger charge is 2.63. The van der Waals surface area contributed by atoms with Crippen molar-refractivity contribution in [3.05, 3.63) is 30.3 Å². The Balaban J connectivity index is 3.76. The van der Waals surface area contributed by atoms with Crippen LogP contribution in [0.2, 0.25) is 72.0 Å². The first-order valence-corrected chi connectivity index (χ1v) is 28.2. The molecule has 1 aromatic carbocycles. The maximum atomic E-state index is 2.82. The van der Waals surface area contributed by atoms with Gasteiger partial charge in [-0.25, -0.2) is 0 Å². The lowest BCUT2D eigenvalue weighted by Gasteiger charge is -2.59. The first-order chi connectivity index (χ1) is 9.61. The maximum absolute atomic E-state index is 2.82. The molecule has 0 aliphatic rings. The fourth-order valence-electron chi connectivity index (χ4n) is 3.77. The molecule has 0 aliphatic heterocycles. The molecule has 0 amide bonds. The number of hydrogen-bond donors (Lipinski definition) is 0. The van der Waals surface area contributed by atoms with Gasteiger partial charge < -0.3 is 0 Å². The van der Waals surface area contributed by atoms with Gasteiger partial charge in [0.05, 0.1) is 7.11 Å². The third-order valence-corrected chi connectivity index (χ3v) is 99.1. The molecule has 0 atom stereocenters. The van der Waals surface area contributed by atoms with Gasteiger partial charge >= 0.3 is 0 Å². The van der Waals surface area contributed by atoms with Crippen LogP contribution in [0, 0.1) is 0 Å². The Labute approximate surface area is 144 Å². The van der Waals surface area contributed by atoms with Gasteiger partial charge in [-0.2, -0.15) is 0 Å². The Morgan fingerprint density at radius 1 is 0.500 bits per heavy atom. The molecule has 0 aromatic heterocycles. The molecule has 0 spiro atoms. The SMILES string of the molecule is C[Si](C)(C)[Si](C)(C)[Si](C)(c1ccccc1)[Si](C)(C)[Si](C)(C)C. The average Bonchev–Trinajstić information content (AvgIpc) is 2.35. The van der Waals surface area contributed by atoms with Gasteiger partial charge in [0, 0.05) is 29.4 Å². The van der Waals surface area contributed by atoms with Crippen LogP contribution in [0.15, 0.2) is 30.3 Å². The molecule has 0 unspecified atom stereocenters. The monoisotopic (exact) mass is 382 g/mol. The second-order valence-corrected chi connectivity index (χ2v) is 63.1. The molecule has 1 aromatic rings. The van der Waals surface area contributed by atoms with Crippen molar-refractivity contribution in [3.8, 4) is 0 Å². The molecule has 0 fully saturated rings. The highest BCUT2D eigenvalue weighted by atomic mass is 29.9. The van der Waals surface area contributed by atoms with E-state index in [9.17, 15) is 0 Å². The summed E-state index contributed by atoms with van der Waals surface area (Å²) >= 11 is 0. The molecule has 22 heavy (non-hydrogen) atoms. The van der Waals surface area contributed by atoms with E-state index < -0.39 is 36.5 Å². The molecule has 0 saturated heterocycles. The van der Waals surface area contributed by atoms with E-state index in [4.69, 9.17) is 0 Å². The van der Waals surface area contributed by atoms with Crippen LogP contribution >= 0.6 is 0 Å². The van der Waals surface area contributed by atoms with Crippen molar-refractivity contribution in [2.45, 2.75) is 72.0 Å². The summed E-state index contributed by atoms with van der Waals surface area (Å²) in [5.41, 5.74) is 0. The van der Waals surface area contributed by atoms with Gasteiger partial charge in [0.1, 0.15) is 0 Å². The zero-order valence-corrected chi connectivity index (χ0v) is 21.9. The lowest BCUT2D eigenvalue weighted by atomic mass is 10.4. The summed E-state index contributed by atoms with van der Waals surface area (Å²) in [7, 11) is -6.26. The van der Waals surface area contributed by atoms with Crippen LogP contribution in [-0.4, -0.2) is 36.5 Å². The first-order valence-electron chi connectivity index (χ1n) is 8.66. The summed E-state index contributed by atoms with van der Waals surface area (Å²) in [6.07, 6.45) is 0. The molecule has 0 nitrogen and oxygen atoms in total. The second-order valence-electron chi connectivity index (χ2n) is 10.2. The molecule has 5 heteroatoms. The van der Waals surface area contributed by atoms with Crippen LogP contribution < -0.4 is 5.19 Å². The van der Waals surface area contributed by atoms with Crippen molar-refractivity contribution < 1.29 is 0 Å². The van der Waals surface area contributed by atoms with Crippen LogP contribution in [0.1, 0.15) is 0 Å². The molecule has 0 bridgehead atoms. The van der Waals surface area contributed by atoms with Crippen LogP contribution in [0.4, 0.5) is 0 Å². The second kappa shape index (κ2) is 5.99. The number of benzene rings is 1. The molecule has 1 rings (SSSR count). The normalized spacial score (nSPS) is 15.0. The van der Waals surface area contributed by atoms with Gasteiger partial charge in [0.2, 0.25) is 0 Å². The first kappa shape index (κ1) is 20.3. The van der Waals surface area contributed by atoms with Crippen LogP contribution in [0.3, 0.4) is 0 Å². The Morgan fingerprint density at radius 2 is 0.818 bits per heavy atom. The smallest absolute Gasteiger partial charge is 0.0662 e. The van der Waals surface area contributed by atoms with Crippen molar-refractivity contribution in [3.63, 3.8) is 0 Å². The van der Waals surface area contributed by atoms with Crippen molar-refractivity contribution in [1.29, 1.82) is 0 Å². The third-order valence-electron chi connectivity index (χ3n) is 7.60. The van der Waals surface area contributed by atoms with E-state index in [1.807, 2.05) is 0 Å². The Hall–Kier alpha value is 0.304. The van der Waals surface area contributed by atoms with Crippen molar-refractivity contribution in [2.24, 2.45) is 0 Å².